The highest BCUT2D eigenvalue weighted by Crippen LogP contribution is 2.32. The quantitative estimate of drug-likeness (QED) is 0.560. The molecular weight excluding hydrogens is 402 g/mol. The molecule has 2 aromatic rings. The van der Waals surface area contributed by atoms with E-state index in [1.54, 1.807) is 48.4 Å². The lowest BCUT2D eigenvalue weighted by atomic mass is 10.1. The topological polar surface area (TPSA) is 75.9 Å². The molecule has 1 aliphatic heterocycles. The van der Waals surface area contributed by atoms with Gasteiger partial charge in [0.15, 0.2) is 0 Å². The summed E-state index contributed by atoms with van der Waals surface area (Å²) in [5, 5.41) is 11.3. The number of benzene rings is 2. The van der Waals surface area contributed by atoms with Crippen LogP contribution in [0.2, 0.25) is 0 Å². The van der Waals surface area contributed by atoms with Crippen LogP contribution < -0.4 is 9.64 Å². The van der Waals surface area contributed by atoms with Crippen molar-refractivity contribution in [1.29, 1.82) is 0 Å². The SMILES string of the molecule is COc1cccc(C(=O)N2CCN(c3ccc(Br)cc3[N+](=O)[O-])CC2)c1. The van der Waals surface area contributed by atoms with Gasteiger partial charge in [-0.25, -0.2) is 0 Å². The predicted octanol–water partition coefficient (Wildman–Crippen LogP) is 3.33. The van der Waals surface area contributed by atoms with E-state index in [1.807, 2.05) is 4.90 Å². The molecule has 3 rings (SSSR count). The number of hydrogen-bond acceptors (Lipinski definition) is 5. The van der Waals surface area contributed by atoms with Gasteiger partial charge in [-0.15, -0.1) is 0 Å². The summed E-state index contributed by atoms with van der Waals surface area (Å²) >= 11 is 3.27. The van der Waals surface area contributed by atoms with Gasteiger partial charge in [0, 0.05) is 42.3 Å². The summed E-state index contributed by atoms with van der Waals surface area (Å²) in [5.74, 6) is 0.578. The zero-order valence-electron chi connectivity index (χ0n) is 14.2. The molecule has 7 nitrogen and oxygen atoms in total. The van der Waals surface area contributed by atoms with Gasteiger partial charge in [0.05, 0.1) is 12.0 Å². The van der Waals surface area contributed by atoms with E-state index in [0.717, 1.165) is 0 Å². The average molecular weight is 420 g/mol. The molecule has 0 bridgehead atoms. The minimum absolute atomic E-state index is 0.0612. The molecule has 2 aromatic carbocycles. The third-order valence-electron chi connectivity index (χ3n) is 4.36. The van der Waals surface area contributed by atoms with Crippen LogP contribution in [0.5, 0.6) is 5.75 Å². The second-order valence-corrected chi connectivity index (χ2v) is 6.82. The summed E-state index contributed by atoms with van der Waals surface area (Å²) in [4.78, 5) is 27.3. The van der Waals surface area contributed by atoms with E-state index in [0.29, 0.717) is 47.7 Å². The summed E-state index contributed by atoms with van der Waals surface area (Å²) < 4.78 is 5.83. The number of nitrogens with zero attached hydrogens (tertiary/aromatic N) is 3. The number of halogens is 1. The Kier molecular flexibility index (Phi) is 5.41. The zero-order chi connectivity index (χ0) is 18.7. The lowest BCUT2D eigenvalue weighted by molar-refractivity contribution is -0.384. The van der Waals surface area contributed by atoms with Crippen molar-refractivity contribution in [2.24, 2.45) is 0 Å². The number of nitro benzene ring substituents is 1. The molecule has 1 saturated heterocycles. The minimum Gasteiger partial charge on any atom is -0.497 e. The number of piperazine rings is 1. The Morgan fingerprint density at radius 2 is 1.88 bits per heavy atom. The second kappa shape index (κ2) is 7.74. The largest absolute Gasteiger partial charge is 0.497 e. The van der Waals surface area contributed by atoms with Crippen molar-refractivity contribution in [2.75, 3.05) is 38.2 Å². The van der Waals surface area contributed by atoms with Gasteiger partial charge >= 0.3 is 0 Å². The normalized spacial score (nSPS) is 14.2. The fourth-order valence-corrected chi connectivity index (χ4v) is 3.35. The van der Waals surface area contributed by atoms with Crippen LogP contribution in [0.15, 0.2) is 46.9 Å². The molecule has 136 valence electrons. The van der Waals surface area contributed by atoms with Crippen molar-refractivity contribution in [3.05, 3.63) is 62.6 Å². The molecule has 8 heteroatoms. The van der Waals surface area contributed by atoms with E-state index in [9.17, 15) is 14.9 Å². The third-order valence-corrected chi connectivity index (χ3v) is 4.85. The molecule has 0 radical (unpaired) electrons. The summed E-state index contributed by atoms with van der Waals surface area (Å²) in [5.41, 5.74) is 1.21. The first-order valence-corrected chi connectivity index (χ1v) is 8.91. The van der Waals surface area contributed by atoms with Gasteiger partial charge in [0.2, 0.25) is 0 Å². The molecule has 1 amide bonds. The fourth-order valence-electron chi connectivity index (χ4n) is 3.00. The average Bonchev–Trinajstić information content (AvgIpc) is 2.67. The van der Waals surface area contributed by atoms with E-state index in [-0.39, 0.29) is 16.5 Å². The smallest absolute Gasteiger partial charge is 0.293 e. The van der Waals surface area contributed by atoms with Crippen molar-refractivity contribution < 1.29 is 14.5 Å². The first kappa shape index (κ1) is 18.2. The van der Waals surface area contributed by atoms with Crippen molar-refractivity contribution in [3.8, 4) is 5.75 Å². The molecule has 0 atom stereocenters. The molecule has 1 fully saturated rings. The van der Waals surface area contributed by atoms with Crippen molar-refractivity contribution in [3.63, 3.8) is 0 Å². The van der Waals surface area contributed by atoms with Gasteiger partial charge in [-0.1, -0.05) is 22.0 Å². The minimum atomic E-state index is -0.381. The highest BCUT2D eigenvalue weighted by atomic mass is 79.9. The van der Waals surface area contributed by atoms with Crippen molar-refractivity contribution in [1.82, 2.24) is 4.90 Å². The first-order chi connectivity index (χ1) is 12.5. The number of rotatable bonds is 4. The lowest BCUT2D eigenvalue weighted by Crippen LogP contribution is -2.49. The highest BCUT2D eigenvalue weighted by Gasteiger charge is 2.26. The molecule has 0 spiro atoms. The van der Waals surface area contributed by atoms with E-state index in [1.165, 1.54) is 6.07 Å². The number of nitro groups is 1. The maximum Gasteiger partial charge on any atom is 0.293 e. The van der Waals surface area contributed by atoms with Crippen LogP contribution in [0.1, 0.15) is 10.4 Å². The molecule has 0 aromatic heterocycles. The maximum atomic E-state index is 12.7. The van der Waals surface area contributed by atoms with Crippen molar-refractivity contribution >= 4 is 33.2 Å². The molecule has 0 aliphatic carbocycles. The van der Waals surface area contributed by atoms with Crippen LogP contribution in [-0.4, -0.2) is 49.0 Å². The standard InChI is InChI=1S/C18H18BrN3O4/c1-26-15-4-2-3-13(11-15)18(23)21-9-7-20(8-10-21)16-6-5-14(19)12-17(16)22(24)25/h2-6,11-12H,7-10H2,1H3. The van der Waals surface area contributed by atoms with Gasteiger partial charge in [0.25, 0.3) is 11.6 Å². The Balaban J connectivity index is 1.71. The van der Waals surface area contributed by atoms with Gasteiger partial charge in [-0.2, -0.15) is 0 Å². The van der Waals surface area contributed by atoms with E-state index in [4.69, 9.17) is 4.74 Å². The Labute approximate surface area is 159 Å². The molecule has 1 heterocycles. The van der Waals surface area contributed by atoms with Crippen molar-refractivity contribution in [2.45, 2.75) is 0 Å². The van der Waals surface area contributed by atoms with Gasteiger partial charge in [-0.05, 0) is 30.3 Å². The van der Waals surface area contributed by atoms with Crippen LogP contribution >= 0.6 is 15.9 Å². The number of hydrogen-bond donors (Lipinski definition) is 0. The van der Waals surface area contributed by atoms with E-state index >= 15 is 0 Å². The summed E-state index contributed by atoms with van der Waals surface area (Å²) in [6, 6.07) is 12.1. The lowest BCUT2D eigenvalue weighted by Gasteiger charge is -2.35. The summed E-state index contributed by atoms with van der Waals surface area (Å²) in [7, 11) is 1.56. The summed E-state index contributed by atoms with van der Waals surface area (Å²) in [6.45, 7) is 2.09. The third kappa shape index (κ3) is 3.80. The molecule has 0 N–H and O–H groups in total. The molecular formula is C18H18BrN3O4. The van der Waals surface area contributed by atoms with Crippen LogP contribution in [0.3, 0.4) is 0 Å². The molecule has 0 saturated carbocycles. The number of carbonyl (C=O) groups is 1. The Morgan fingerprint density at radius 3 is 2.54 bits per heavy atom. The van der Waals surface area contributed by atoms with Crippen LogP contribution in [-0.2, 0) is 0 Å². The molecule has 1 aliphatic rings. The summed E-state index contributed by atoms with van der Waals surface area (Å²) in [6.07, 6.45) is 0. The number of anilines is 1. The zero-order valence-corrected chi connectivity index (χ0v) is 15.8. The second-order valence-electron chi connectivity index (χ2n) is 5.90. The maximum absolute atomic E-state index is 12.7. The van der Waals surface area contributed by atoms with Gasteiger partial charge in [-0.3, -0.25) is 14.9 Å². The van der Waals surface area contributed by atoms with Gasteiger partial charge in [0.1, 0.15) is 11.4 Å². The van der Waals surface area contributed by atoms with E-state index in [2.05, 4.69) is 15.9 Å². The molecule has 0 unspecified atom stereocenters. The van der Waals surface area contributed by atoms with Crippen LogP contribution in [0.4, 0.5) is 11.4 Å². The number of amides is 1. The highest BCUT2D eigenvalue weighted by molar-refractivity contribution is 9.10. The predicted molar refractivity (Wildman–Crippen MR) is 102 cm³/mol. The van der Waals surface area contributed by atoms with Crippen LogP contribution in [0.25, 0.3) is 0 Å². The van der Waals surface area contributed by atoms with Gasteiger partial charge < -0.3 is 14.5 Å². The first-order valence-electron chi connectivity index (χ1n) is 8.12. The molecule has 26 heavy (non-hydrogen) atoms. The van der Waals surface area contributed by atoms with Crippen LogP contribution in [0, 0.1) is 10.1 Å². The monoisotopic (exact) mass is 419 g/mol. The van der Waals surface area contributed by atoms with E-state index < -0.39 is 0 Å². The number of ether oxygens (including phenoxy) is 1. The fraction of sp³-hybridized carbons (Fsp3) is 0.278. The Bertz CT molecular complexity index is 835. The Hall–Kier alpha value is -2.61. The Morgan fingerprint density at radius 1 is 1.15 bits per heavy atom. The number of methoxy groups -OCH3 is 1. The number of carbonyl (C=O) groups excluding carboxylic acids is 1.